The number of nitrogens with two attached hydrogens (primary N) is 1. The Morgan fingerprint density at radius 1 is 1.61 bits per heavy atom. The molecule has 94 valence electrons. The van der Waals surface area contributed by atoms with E-state index in [1.54, 1.807) is 24.6 Å². The predicted octanol–water partition coefficient (Wildman–Crippen LogP) is 0.265. The molecule has 2 rings (SSSR count). The lowest BCUT2D eigenvalue weighted by molar-refractivity contribution is 0.0956. The Bertz CT molecular complexity index is 632. The maximum Gasteiger partial charge on any atom is 0.275 e. The van der Waals surface area contributed by atoms with Crippen LogP contribution in [0.1, 0.15) is 20.8 Å². The van der Waals surface area contributed by atoms with E-state index in [-0.39, 0.29) is 18.0 Å². The lowest BCUT2D eigenvalue weighted by Gasteiger charge is -2.05. The molecule has 0 fully saturated rings. The van der Waals surface area contributed by atoms with E-state index in [4.69, 9.17) is 5.84 Å². The number of hydrazine groups is 1. The number of nitrogens with zero attached hydrogens (tertiary/aromatic N) is 2. The van der Waals surface area contributed by atoms with Crippen LogP contribution in [0.3, 0.4) is 0 Å². The molecule has 0 spiro atoms. The van der Waals surface area contributed by atoms with Gasteiger partial charge in [0, 0.05) is 6.07 Å². The number of amides is 1. The minimum absolute atomic E-state index is 0.194. The van der Waals surface area contributed by atoms with Crippen molar-refractivity contribution in [3.05, 3.63) is 50.1 Å². The fourth-order valence-electron chi connectivity index (χ4n) is 1.53. The summed E-state index contributed by atoms with van der Waals surface area (Å²) in [5.74, 6) is 4.74. The van der Waals surface area contributed by atoms with E-state index in [1.807, 2.05) is 0 Å². The molecule has 0 saturated heterocycles. The second-order valence-corrected chi connectivity index (χ2v) is 4.69. The zero-order valence-electron chi connectivity index (χ0n) is 9.71. The third kappa shape index (κ3) is 2.47. The van der Waals surface area contributed by atoms with Gasteiger partial charge in [0.1, 0.15) is 0 Å². The Morgan fingerprint density at radius 3 is 3.06 bits per heavy atom. The highest BCUT2D eigenvalue weighted by Crippen LogP contribution is 2.16. The van der Waals surface area contributed by atoms with Gasteiger partial charge in [0.2, 0.25) is 0 Å². The first-order valence-corrected chi connectivity index (χ1v) is 6.11. The number of nitrogens with one attached hydrogen (secondary N) is 1. The summed E-state index contributed by atoms with van der Waals surface area (Å²) in [5.41, 5.74) is 3.42. The molecule has 0 aliphatic heterocycles. The number of aromatic nitrogens is 2. The molecule has 6 nitrogen and oxygen atoms in total. The molecule has 0 bridgehead atoms. The van der Waals surface area contributed by atoms with Crippen molar-refractivity contribution in [2.45, 2.75) is 13.5 Å². The molecule has 1 amide bonds. The van der Waals surface area contributed by atoms with Gasteiger partial charge in [-0.3, -0.25) is 15.0 Å². The molecule has 0 saturated carbocycles. The van der Waals surface area contributed by atoms with Crippen molar-refractivity contribution >= 4 is 17.2 Å². The summed E-state index contributed by atoms with van der Waals surface area (Å²) in [4.78, 5) is 23.7. The van der Waals surface area contributed by atoms with Gasteiger partial charge >= 0.3 is 0 Å². The van der Waals surface area contributed by atoms with Crippen LogP contribution < -0.4 is 16.8 Å². The second kappa shape index (κ2) is 5.11. The molecule has 0 radical (unpaired) electrons. The molecule has 2 aromatic heterocycles. The van der Waals surface area contributed by atoms with Crippen molar-refractivity contribution in [1.29, 1.82) is 0 Å². The molecule has 2 heterocycles. The van der Waals surface area contributed by atoms with Crippen LogP contribution in [0.2, 0.25) is 0 Å². The van der Waals surface area contributed by atoms with E-state index in [9.17, 15) is 9.59 Å². The van der Waals surface area contributed by atoms with Crippen LogP contribution in [0.15, 0.2) is 28.5 Å². The summed E-state index contributed by atoms with van der Waals surface area (Å²) in [7, 11) is 0. The number of nitrogen functional groups attached to an aromatic ring is 1. The molecule has 0 unspecified atom stereocenters. The quantitative estimate of drug-likeness (QED) is 0.473. The summed E-state index contributed by atoms with van der Waals surface area (Å²) >= 11 is 1.28. The number of rotatable bonds is 3. The molecular formula is C11H12N4O2S. The fourth-order valence-corrected chi connectivity index (χ4v) is 2.35. The summed E-state index contributed by atoms with van der Waals surface area (Å²) in [5, 5.41) is 5.80. The monoisotopic (exact) mass is 264 g/mol. The summed E-state index contributed by atoms with van der Waals surface area (Å²) in [6.07, 6.45) is 1.61. The largest absolute Gasteiger partial charge is 0.289 e. The highest BCUT2D eigenvalue weighted by molar-refractivity contribution is 7.12. The highest BCUT2D eigenvalue weighted by Gasteiger charge is 2.13. The number of aryl methyl sites for hydroxylation is 1. The Labute approximate surface area is 107 Å². The number of carbonyl (C=O) groups excluding carboxylic acids is 1. The first-order chi connectivity index (χ1) is 8.61. The van der Waals surface area contributed by atoms with Crippen LogP contribution in [-0.2, 0) is 6.54 Å². The van der Waals surface area contributed by atoms with E-state index in [0.717, 1.165) is 11.1 Å². The lowest BCUT2D eigenvalue weighted by Crippen LogP contribution is -2.30. The van der Waals surface area contributed by atoms with Gasteiger partial charge in [-0.25, -0.2) is 10.5 Å². The molecule has 3 N–H and O–H groups in total. The van der Waals surface area contributed by atoms with Crippen LogP contribution in [0.4, 0.5) is 0 Å². The Balaban J connectivity index is 2.32. The van der Waals surface area contributed by atoms with Gasteiger partial charge in [-0.05, 0) is 29.5 Å². The number of carbonyl (C=O) groups is 1. The summed E-state index contributed by atoms with van der Waals surface area (Å²) in [6.45, 7) is 2.06. The Kier molecular flexibility index (Phi) is 3.54. The lowest BCUT2D eigenvalue weighted by atomic mass is 10.2. The van der Waals surface area contributed by atoms with Gasteiger partial charge in [0.25, 0.3) is 11.5 Å². The van der Waals surface area contributed by atoms with Crippen molar-refractivity contribution in [2.24, 2.45) is 5.84 Å². The van der Waals surface area contributed by atoms with Gasteiger partial charge in [-0.2, -0.15) is 5.10 Å². The van der Waals surface area contributed by atoms with Crippen LogP contribution in [0.5, 0.6) is 0 Å². The Morgan fingerprint density at radius 2 is 2.39 bits per heavy atom. The normalized spacial score (nSPS) is 10.3. The van der Waals surface area contributed by atoms with Crippen LogP contribution in [0, 0.1) is 6.92 Å². The fraction of sp³-hybridized carbons (Fsp3) is 0.182. The molecular weight excluding hydrogens is 252 g/mol. The SMILES string of the molecule is Cc1cnn(Cc2ccsc2C(=O)NN)c(=O)c1. The highest BCUT2D eigenvalue weighted by atomic mass is 32.1. The van der Waals surface area contributed by atoms with Crippen molar-refractivity contribution in [3.8, 4) is 0 Å². The standard InChI is InChI=1S/C11H12N4O2S/c1-7-4-9(16)15(13-5-7)6-8-2-3-18-10(8)11(17)14-12/h2-5H,6,12H2,1H3,(H,14,17). The van der Waals surface area contributed by atoms with Gasteiger partial charge in [-0.1, -0.05) is 0 Å². The zero-order chi connectivity index (χ0) is 13.1. The number of thiophene rings is 1. The maximum absolute atomic E-state index is 11.7. The van der Waals surface area contributed by atoms with E-state index < -0.39 is 0 Å². The molecule has 2 aromatic rings. The summed E-state index contributed by atoms with van der Waals surface area (Å²) in [6, 6.07) is 3.28. The first kappa shape index (κ1) is 12.5. The van der Waals surface area contributed by atoms with Gasteiger partial charge in [0.05, 0.1) is 17.6 Å². The topological polar surface area (TPSA) is 90.0 Å². The van der Waals surface area contributed by atoms with E-state index in [0.29, 0.717) is 4.88 Å². The molecule has 0 aliphatic carbocycles. The van der Waals surface area contributed by atoms with Crippen LogP contribution in [-0.4, -0.2) is 15.7 Å². The second-order valence-electron chi connectivity index (χ2n) is 3.78. The zero-order valence-corrected chi connectivity index (χ0v) is 10.5. The molecule has 0 aliphatic rings. The number of hydrogen-bond donors (Lipinski definition) is 2. The van der Waals surface area contributed by atoms with Crippen LogP contribution >= 0.6 is 11.3 Å². The van der Waals surface area contributed by atoms with E-state index in [2.05, 4.69) is 10.5 Å². The van der Waals surface area contributed by atoms with Crippen molar-refractivity contribution in [2.75, 3.05) is 0 Å². The average molecular weight is 264 g/mol. The minimum Gasteiger partial charge on any atom is -0.289 e. The van der Waals surface area contributed by atoms with Gasteiger partial charge in [0.15, 0.2) is 0 Å². The molecule has 7 heteroatoms. The van der Waals surface area contributed by atoms with Crippen molar-refractivity contribution < 1.29 is 4.79 Å². The maximum atomic E-state index is 11.7. The van der Waals surface area contributed by atoms with Crippen LogP contribution in [0.25, 0.3) is 0 Å². The molecule has 0 atom stereocenters. The summed E-state index contributed by atoms with van der Waals surface area (Å²) < 4.78 is 1.31. The predicted molar refractivity (Wildman–Crippen MR) is 68.3 cm³/mol. The van der Waals surface area contributed by atoms with Gasteiger partial charge in [-0.15, -0.1) is 11.3 Å². The smallest absolute Gasteiger partial charge is 0.275 e. The van der Waals surface area contributed by atoms with Crippen molar-refractivity contribution in [1.82, 2.24) is 15.2 Å². The molecule has 18 heavy (non-hydrogen) atoms. The average Bonchev–Trinajstić information content (AvgIpc) is 2.80. The third-order valence-corrected chi connectivity index (χ3v) is 3.37. The van der Waals surface area contributed by atoms with Crippen molar-refractivity contribution in [3.63, 3.8) is 0 Å². The Hall–Kier alpha value is -1.99. The van der Waals surface area contributed by atoms with Gasteiger partial charge < -0.3 is 0 Å². The number of hydrogen-bond acceptors (Lipinski definition) is 5. The first-order valence-electron chi connectivity index (χ1n) is 5.23. The third-order valence-electron chi connectivity index (χ3n) is 2.41. The molecule has 0 aromatic carbocycles. The van der Waals surface area contributed by atoms with E-state index in [1.165, 1.54) is 22.1 Å². The van der Waals surface area contributed by atoms with E-state index >= 15 is 0 Å². The minimum atomic E-state index is -0.361.